The van der Waals surface area contributed by atoms with Gasteiger partial charge in [-0.15, -0.1) is 0 Å². The molecule has 0 radical (unpaired) electrons. The topological polar surface area (TPSA) is 495 Å². The molecule has 1 unspecified atom stereocenters. The first-order chi connectivity index (χ1) is 44.0. The number of aliphatic carboxylic acids is 2. The minimum atomic E-state index is -1.81. The van der Waals surface area contributed by atoms with Crippen LogP contribution in [0.2, 0.25) is 0 Å². The number of aliphatic hydroxyl groups is 2. The highest BCUT2D eigenvalue weighted by Gasteiger charge is 2.47. The van der Waals surface area contributed by atoms with Crippen molar-refractivity contribution < 1.29 is 82.8 Å². The van der Waals surface area contributed by atoms with E-state index in [0.717, 1.165) is 45.9 Å². The average Bonchev–Trinajstić information content (AvgIpc) is 0.924. The van der Waals surface area contributed by atoms with Gasteiger partial charge in [-0.3, -0.25) is 67.3 Å². The van der Waals surface area contributed by atoms with E-state index in [1.165, 1.54) is 7.05 Å². The third-order valence-electron chi connectivity index (χ3n) is 16.2. The summed E-state index contributed by atoms with van der Waals surface area (Å²) in [5.41, 5.74) is 23.6. The summed E-state index contributed by atoms with van der Waals surface area (Å²) in [5, 5.41) is 57.0. The molecule has 0 bridgehead atoms. The van der Waals surface area contributed by atoms with Crippen molar-refractivity contribution in [1.29, 1.82) is 0 Å². The van der Waals surface area contributed by atoms with Gasteiger partial charge in [-0.25, -0.2) is 0 Å². The molecule has 0 aliphatic carbocycles. The Labute approximate surface area is 564 Å². The van der Waals surface area contributed by atoms with Crippen LogP contribution >= 0.6 is 21.6 Å². The number of hydrogen-bond acceptors (Lipinski definition) is 19. The quantitative estimate of drug-likeness (QED) is 0.0228. The lowest BCUT2D eigenvalue weighted by atomic mass is 9.84. The number of carbonyl (C=O) groups excluding carboxylic acids is 11. The zero-order valence-electron chi connectivity index (χ0n) is 56.9. The van der Waals surface area contributed by atoms with E-state index in [9.17, 15) is 63.6 Å². The van der Waals surface area contributed by atoms with Crippen LogP contribution in [0.3, 0.4) is 0 Å². The molecule has 1 aliphatic rings. The van der Waals surface area contributed by atoms with Crippen molar-refractivity contribution in [3.8, 4) is 0 Å². The van der Waals surface area contributed by atoms with Gasteiger partial charge in [0.05, 0.1) is 25.0 Å². The number of nitrogens with one attached hydrogen (secondary N) is 6. The normalized spacial score (nSPS) is 22.5. The van der Waals surface area contributed by atoms with E-state index in [1.54, 1.807) is 53.7 Å². The molecule has 1 aliphatic heterocycles. The highest BCUT2D eigenvalue weighted by atomic mass is 33.1. The molecule has 29 nitrogen and oxygen atoms in total. The minimum Gasteiger partial charge on any atom is -0.481 e. The molecule has 95 heavy (non-hydrogen) atoms. The van der Waals surface area contributed by atoms with Gasteiger partial charge in [0.15, 0.2) is 23.3 Å². The molecule has 8 amide bonds. The van der Waals surface area contributed by atoms with Crippen LogP contribution < -0.4 is 54.8 Å². The number of guanidine groups is 1. The maximum atomic E-state index is 15.7. The van der Waals surface area contributed by atoms with Crippen molar-refractivity contribution in [2.24, 2.45) is 51.6 Å². The number of amides is 8. The molecule has 1 fully saturated rings. The van der Waals surface area contributed by atoms with Crippen molar-refractivity contribution in [2.75, 3.05) is 26.7 Å². The van der Waals surface area contributed by atoms with E-state index < -0.39 is 197 Å². The van der Waals surface area contributed by atoms with Crippen LogP contribution in [0.5, 0.6) is 0 Å². The fraction of sp³-hybridized carbons (Fsp3) is 0.688. The average molecular weight is 1380 g/mol. The van der Waals surface area contributed by atoms with Crippen molar-refractivity contribution in [3.05, 3.63) is 35.4 Å². The Balaban J connectivity index is 3.09. The number of nitrogens with two attached hydrogens (primary N) is 4. The third kappa shape index (κ3) is 29.0. The van der Waals surface area contributed by atoms with Gasteiger partial charge >= 0.3 is 11.9 Å². The molecule has 2 rings (SSSR count). The Hall–Kier alpha value is -7.22. The second kappa shape index (κ2) is 39.1. The second-order valence-corrected chi connectivity index (χ2v) is 30.4. The lowest BCUT2D eigenvalue weighted by molar-refractivity contribution is -0.144. The van der Waals surface area contributed by atoms with Crippen LogP contribution in [-0.4, -0.2) is 192 Å². The van der Waals surface area contributed by atoms with E-state index in [1.807, 2.05) is 32.9 Å². The Morgan fingerprint density at radius 3 is 1.91 bits per heavy atom. The summed E-state index contributed by atoms with van der Waals surface area (Å²) in [4.78, 5) is 186. The van der Waals surface area contributed by atoms with Crippen molar-refractivity contribution in [3.63, 3.8) is 0 Å². The number of rotatable bonds is 29. The number of carboxylic acids is 2. The van der Waals surface area contributed by atoms with Crippen LogP contribution in [0.15, 0.2) is 29.3 Å². The Morgan fingerprint density at radius 2 is 1.38 bits per heavy atom. The third-order valence-corrected chi connectivity index (χ3v) is 20.4. The number of aliphatic hydroxyl groups excluding tert-OH is 2. The molecule has 0 aromatic heterocycles. The van der Waals surface area contributed by atoms with Gasteiger partial charge in [0.2, 0.25) is 47.3 Å². The van der Waals surface area contributed by atoms with E-state index in [0.29, 0.717) is 24.9 Å². The summed E-state index contributed by atoms with van der Waals surface area (Å²) < 4.78 is -2.92. The predicted octanol–water partition coefficient (Wildman–Crippen LogP) is 0.777. The number of ketones is 3. The van der Waals surface area contributed by atoms with Gasteiger partial charge in [0.1, 0.15) is 36.3 Å². The van der Waals surface area contributed by atoms with Gasteiger partial charge < -0.3 is 80.2 Å². The number of likely N-dealkylation sites (N-methyl/N-ethyl adjacent to an activating group) is 1. The number of carbonyl (C=O) groups is 13. The van der Waals surface area contributed by atoms with Crippen LogP contribution in [0, 0.1) is 23.7 Å². The zero-order valence-corrected chi connectivity index (χ0v) is 58.5. The van der Waals surface area contributed by atoms with E-state index >= 15 is 19.2 Å². The standard InChI is InChI=1S/C64H104N12O17S2/c1-34(2)26-38-29-47(81)52(35(3)78)74-57(90)40(31-51(86)87)28-46(80)44(33-77)73-59(92)45(17-15-25-69-61(67)68)76(12)60(93)54(70-36(4)79)64(10,11)95-94-63(8,9)53(75-58(38)91)48(82)30-39(27-37-18-20-41(21-19-37)62(5,6)7)56(89)71-42(22-23-50(84)85)32-49(83)72-43(55(66)88)16-13-14-24-65/h18-21,34-35,38-40,42-45,52-54,77-78H,13-17,22-33,65H2,1-12H3,(H2,66,88)(H,70,79)(H,71,89)(H,72,83)(H,73,92)(H,74,90)(H,75,91)(H,84,85)(H,86,87)(H4,67,68,69)/t35?,38-,39-,40+,42+,43-,44+,45+,52+,53-,54-/m1/s1. The lowest BCUT2D eigenvalue weighted by Gasteiger charge is -2.40. The maximum Gasteiger partial charge on any atom is 0.304 e. The predicted molar refractivity (Wildman–Crippen MR) is 359 cm³/mol. The summed E-state index contributed by atoms with van der Waals surface area (Å²) in [6.07, 6.45) is -5.42. The first-order valence-corrected chi connectivity index (χ1v) is 34.1. The SMILES string of the molecule is CC(=O)N[C@@H]1C(=O)N(C)[C@@H](CCCN=C(N)N)C(=O)N[C@@H](CO)C(=O)C[C@@H](CC(=O)O)C(=O)N[C@@H](C(C)O)C(=O)C[C@@H](CC(C)C)C(=O)N[C@H](C(=O)C[C@@H](Cc2ccc(C(C)(C)C)cc2)C(=O)N[C@@H](CCC(=O)O)CC(=O)N[C@H](CCCCN)C(N)=O)C(C)(C)SSC1(C)C. The van der Waals surface area contributed by atoms with Crippen LogP contribution in [0.1, 0.15) is 171 Å². The molecule has 11 atom stereocenters. The molecule has 18 N–H and O–H groups in total. The molecule has 0 saturated carbocycles. The molecule has 1 saturated heterocycles. The number of nitrogens with zero attached hydrogens (tertiary/aromatic N) is 2. The summed E-state index contributed by atoms with van der Waals surface area (Å²) in [6.45, 7) is 17.4. The number of hydrogen-bond donors (Lipinski definition) is 14. The highest BCUT2D eigenvalue weighted by Crippen LogP contribution is 2.47. The van der Waals surface area contributed by atoms with E-state index in [-0.39, 0.29) is 62.4 Å². The Kier molecular flexibility index (Phi) is 34.5. The zero-order chi connectivity index (χ0) is 72.5. The van der Waals surface area contributed by atoms with Crippen LogP contribution in [0.25, 0.3) is 0 Å². The Bertz CT molecular complexity index is 2880. The molecular weight excluding hydrogens is 1270 g/mol. The monoisotopic (exact) mass is 1380 g/mol. The van der Waals surface area contributed by atoms with Gasteiger partial charge in [0.25, 0.3) is 0 Å². The molecule has 534 valence electrons. The summed E-state index contributed by atoms with van der Waals surface area (Å²) in [5.74, 6) is -17.5. The molecule has 31 heteroatoms. The Morgan fingerprint density at radius 1 is 0.779 bits per heavy atom. The second-order valence-electron chi connectivity index (χ2n) is 27.0. The summed E-state index contributed by atoms with van der Waals surface area (Å²) >= 11 is 0. The van der Waals surface area contributed by atoms with Crippen LogP contribution in [-0.2, 0) is 74.2 Å². The van der Waals surface area contributed by atoms with Gasteiger partial charge in [0, 0.05) is 80.0 Å². The number of aliphatic imine (C=N–C) groups is 1. The molecule has 1 aromatic carbocycles. The number of benzene rings is 1. The largest absolute Gasteiger partial charge is 0.481 e. The maximum absolute atomic E-state index is 15.7. The minimum absolute atomic E-state index is 0.0309. The van der Waals surface area contributed by atoms with Crippen LogP contribution in [0.4, 0.5) is 0 Å². The number of primary amides is 1. The van der Waals surface area contributed by atoms with Crippen molar-refractivity contribution in [2.45, 2.75) is 229 Å². The first kappa shape index (κ1) is 83.9. The first-order valence-electron chi connectivity index (χ1n) is 31.9. The van der Waals surface area contributed by atoms with Gasteiger partial charge in [-0.2, -0.15) is 0 Å². The number of unbranched alkanes of at least 4 members (excludes halogenated alkanes) is 1. The van der Waals surface area contributed by atoms with Gasteiger partial charge in [-0.05, 0) is 115 Å². The molecule has 1 aromatic rings. The fourth-order valence-corrected chi connectivity index (χ4v) is 13.6. The molecular formula is C64H104N12O17S2. The smallest absolute Gasteiger partial charge is 0.304 e. The summed E-state index contributed by atoms with van der Waals surface area (Å²) in [7, 11) is 3.24. The highest BCUT2D eigenvalue weighted by molar-refractivity contribution is 8.77. The van der Waals surface area contributed by atoms with Gasteiger partial charge in [-0.1, -0.05) is 80.5 Å². The summed E-state index contributed by atoms with van der Waals surface area (Å²) in [6, 6.07) is -3.22. The number of carboxylic acid groups (broad SMARTS) is 2. The van der Waals surface area contributed by atoms with E-state index in [2.05, 4.69) is 36.9 Å². The lowest BCUT2D eigenvalue weighted by Crippen LogP contribution is -2.61. The van der Waals surface area contributed by atoms with E-state index in [4.69, 9.17) is 22.9 Å². The van der Waals surface area contributed by atoms with Crippen molar-refractivity contribution in [1.82, 2.24) is 36.8 Å². The molecule has 0 spiro atoms. The van der Waals surface area contributed by atoms with Crippen molar-refractivity contribution >= 4 is 104 Å². The number of Topliss-reactive ketones (excluding diaryl/α,β-unsaturated/α-hetero) is 3. The fourth-order valence-electron chi connectivity index (χ4n) is 10.8. The molecule has 1 heterocycles.